The third kappa shape index (κ3) is 9.51. The van der Waals surface area contributed by atoms with Crippen LogP contribution in [0, 0.1) is 10.1 Å². The van der Waals surface area contributed by atoms with Crippen LogP contribution in [-0.4, -0.2) is 65.4 Å². The van der Waals surface area contributed by atoms with Crippen molar-refractivity contribution in [3.05, 3.63) is 27.9 Å². The summed E-state index contributed by atoms with van der Waals surface area (Å²) in [6.07, 6.45) is 2.87. The van der Waals surface area contributed by atoms with Gasteiger partial charge in [-0.3, -0.25) is 19.7 Å². The molecule has 0 aliphatic carbocycles. The molecule has 0 saturated heterocycles. The van der Waals surface area contributed by atoms with Crippen LogP contribution in [0.3, 0.4) is 0 Å². The van der Waals surface area contributed by atoms with E-state index in [0.717, 1.165) is 17.8 Å². The van der Waals surface area contributed by atoms with Gasteiger partial charge in [0.15, 0.2) is 5.03 Å². The molecule has 1 aromatic heterocycles. The third-order valence-corrected chi connectivity index (χ3v) is 3.38. The van der Waals surface area contributed by atoms with Crippen molar-refractivity contribution in [2.24, 2.45) is 0 Å². The summed E-state index contributed by atoms with van der Waals surface area (Å²) in [5, 5.41) is 24.4. The average Bonchev–Trinajstić information content (AvgIpc) is 2.65. The molecule has 12 heteroatoms. The number of amides is 2. The minimum Gasteiger partial charge on any atom is -0.480 e. The Kier molecular flexibility index (Phi) is 12.1. The second-order valence-corrected chi connectivity index (χ2v) is 5.30. The molecule has 1 aromatic rings. The first-order valence-corrected chi connectivity index (χ1v) is 9.10. The van der Waals surface area contributed by atoms with Gasteiger partial charge in [-0.2, -0.15) is 0 Å². The van der Waals surface area contributed by atoms with E-state index < -0.39 is 35.9 Å². The smallest absolute Gasteiger partial charge is 0.329 e. The molecule has 1 rings (SSSR count). The number of aromatic nitrogens is 1. The number of nitro groups is 1. The number of hydrogen-bond acceptors (Lipinski definition) is 8. The zero-order valence-electron chi connectivity index (χ0n) is 15.2. The summed E-state index contributed by atoms with van der Waals surface area (Å²) in [5.41, 5.74) is -0.232. The number of pyridine rings is 1. The summed E-state index contributed by atoms with van der Waals surface area (Å²) in [5.74, 6) is -2.29. The van der Waals surface area contributed by atoms with Crippen LogP contribution in [0.4, 0.5) is 5.69 Å². The van der Waals surface area contributed by atoms with Crippen LogP contribution in [0.25, 0.3) is 0 Å². The monoisotopic (exact) mass is 402 g/mol. The van der Waals surface area contributed by atoms with Gasteiger partial charge in [0.2, 0.25) is 5.91 Å². The van der Waals surface area contributed by atoms with Crippen molar-refractivity contribution in [1.82, 2.24) is 15.6 Å². The number of nitrogens with one attached hydrogen (secondary N) is 2. The highest BCUT2D eigenvalue weighted by Gasteiger charge is 2.18. The number of aliphatic carboxylic acids is 1. The fraction of sp³-hybridized carbons (Fsp3) is 0.467. The maximum atomic E-state index is 11.9. The first-order chi connectivity index (χ1) is 12.8. The fourth-order valence-corrected chi connectivity index (χ4v) is 2.12. The summed E-state index contributed by atoms with van der Waals surface area (Å²) >= 11 is 1.10. The lowest BCUT2D eigenvalue weighted by Crippen LogP contribution is -2.36. The SMILES string of the molecule is CC.CSc1ncc(C(=O)NCCNC(=O)COCC(=O)O)cc1[N+](=O)[O-]. The molecule has 3 N–H and O–H groups in total. The maximum Gasteiger partial charge on any atom is 0.329 e. The van der Waals surface area contributed by atoms with Gasteiger partial charge in [-0.05, 0) is 6.26 Å². The molecule has 1 heterocycles. The number of rotatable bonds is 10. The normalized spacial score (nSPS) is 9.59. The van der Waals surface area contributed by atoms with Gasteiger partial charge in [-0.15, -0.1) is 11.8 Å². The van der Waals surface area contributed by atoms with Crippen LogP contribution in [0.5, 0.6) is 0 Å². The van der Waals surface area contributed by atoms with Crippen molar-refractivity contribution in [3.8, 4) is 0 Å². The largest absolute Gasteiger partial charge is 0.480 e. The molecule has 0 aliphatic heterocycles. The van der Waals surface area contributed by atoms with E-state index in [9.17, 15) is 24.5 Å². The number of ether oxygens (including phenoxy) is 1. The molecule has 0 radical (unpaired) electrons. The van der Waals surface area contributed by atoms with E-state index in [1.54, 1.807) is 6.26 Å². The Labute approximate surface area is 160 Å². The second-order valence-electron chi connectivity index (χ2n) is 4.50. The Morgan fingerprint density at radius 2 is 1.89 bits per heavy atom. The van der Waals surface area contributed by atoms with Gasteiger partial charge < -0.3 is 20.5 Å². The summed E-state index contributed by atoms with van der Waals surface area (Å²) in [7, 11) is 0. The number of carboxylic acid groups (broad SMARTS) is 1. The summed E-state index contributed by atoms with van der Waals surface area (Å²) in [6.45, 7) is 3.16. The highest BCUT2D eigenvalue weighted by molar-refractivity contribution is 7.98. The molecule has 0 spiro atoms. The molecule has 0 aliphatic rings. The quantitative estimate of drug-likeness (QED) is 0.221. The second kappa shape index (κ2) is 13.5. The van der Waals surface area contributed by atoms with E-state index in [0.29, 0.717) is 0 Å². The lowest BCUT2D eigenvalue weighted by atomic mass is 10.2. The van der Waals surface area contributed by atoms with Gasteiger partial charge in [0.25, 0.3) is 5.91 Å². The van der Waals surface area contributed by atoms with Gasteiger partial charge in [0.05, 0.1) is 10.5 Å². The molecule has 0 unspecified atom stereocenters. The lowest BCUT2D eigenvalue weighted by molar-refractivity contribution is -0.388. The van der Waals surface area contributed by atoms with E-state index in [1.165, 1.54) is 6.20 Å². The van der Waals surface area contributed by atoms with E-state index in [2.05, 4.69) is 20.4 Å². The van der Waals surface area contributed by atoms with Crippen molar-refractivity contribution < 1.29 is 29.2 Å². The zero-order chi connectivity index (χ0) is 20.8. The van der Waals surface area contributed by atoms with Crippen LogP contribution >= 0.6 is 11.8 Å². The molecule has 27 heavy (non-hydrogen) atoms. The molecule has 150 valence electrons. The Hall–Kier alpha value is -2.73. The van der Waals surface area contributed by atoms with Gasteiger partial charge in [0.1, 0.15) is 13.2 Å². The molecule has 0 aromatic carbocycles. The van der Waals surface area contributed by atoms with E-state index in [-0.39, 0.29) is 29.4 Å². The van der Waals surface area contributed by atoms with Gasteiger partial charge >= 0.3 is 11.7 Å². The first-order valence-electron chi connectivity index (χ1n) is 7.88. The first kappa shape index (κ1) is 24.3. The Morgan fingerprint density at radius 1 is 1.26 bits per heavy atom. The van der Waals surface area contributed by atoms with Crippen molar-refractivity contribution in [2.75, 3.05) is 32.6 Å². The van der Waals surface area contributed by atoms with Crippen molar-refractivity contribution in [1.29, 1.82) is 0 Å². The summed E-state index contributed by atoms with van der Waals surface area (Å²) in [6, 6.07) is 1.13. The van der Waals surface area contributed by atoms with Gasteiger partial charge in [0, 0.05) is 25.4 Å². The molecule has 0 fully saturated rings. The predicted molar refractivity (Wildman–Crippen MR) is 97.8 cm³/mol. The highest BCUT2D eigenvalue weighted by atomic mass is 32.2. The molecule has 0 saturated carbocycles. The number of carbonyl (C=O) groups excluding carboxylic acids is 2. The number of thioether (sulfide) groups is 1. The van der Waals surface area contributed by atoms with Gasteiger partial charge in [-0.1, -0.05) is 13.8 Å². The molecule has 0 bridgehead atoms. The van der Waals surface area contributed by atoms with Crippen LogP contribution in [0.1, 0.15) is 24.2 Å². The van der Waals surface area contributed by atoms with E-state index in [4.69, 9.17) is 5.11 Å². The van der Waals surface area contributed by atoms with Crippen LogP contribution in [0.15, 0.2) is 17.3 Å². The standard InChI is InChI=1S/C13H16N4O7S.C2H6/c1-25-13-9(17(22)23)4-8(5-16-13)12(21)15-3-2-14-10(18)6-24-7-11(19)20;1-2/h4-5H,2-3,6-7H2,1H3,(H,14,18)(H,15,21)(H,19,20);1-2H3. The Bertz CT molecular complexity index is 670. The highest BCUT2D eigenvalue weighted by Crippen LogP contribution is 2.25. The summed E-state index contributed by atoms with van der Waals surface area (Å²) < 4.78 is 4.59. The third-order valence-electron chi connectivity index (χ3n) is 2.68. The van der Waals surface area contributed by atoms with Crippen LogP contribution in [-0.2, 0) is 14.3 Å². The van der Waals surface area contributed by atoms with Crippen molar-refractivity contribution in [2.45, 2.75) is 18.9 Å². The minimum absolute atomic E-state index is 0.0284. The van der Waals surface area contributed by atoms with Crippen molar-refractivity contribution >= 4 is 35.2 Å². The Morgan fingerprint density at radius 3 is 2.44 bits per heavy atom. The molecule has 0 atom stereocenters. The van der Waals surface area contributed by atoms with Crippen LogP contribution < -0.4 is 10.6 Å². The van der Waals surface area contributed by atoms with Crippen LogP contribution in [0.2, 0.25) is 0 Å². The topological polar surface area (TPSA) is 161 Å². The zero-order valence-corrected chi connectivity index (χ0v) is 16.0. The fourth-order valence-electron chi connectivity index (χ4n) is 1.61. The summed E-state index contributed by atoms with van der Waals surface area (Å²) in [4.78, 5) is 47.6. The Balaban J connectivity index is 0.00000326. The number of hydrogen-bond donors (Lipinski definition) is 3. The lowest BCUT2D eigenvalue weighted by Gasteiger charge is -2.07. The molecule has 2 amide bonds. The van der Waals surface area contributed by atoms with E-state index in [1.807, 2.05) is 13.8 Å². The minimum atomic E-state index is -1.18. The average molecular weight is 402 g/mol. The molecular weight excluding hydrogens is 380 g/mol. The number of nitrogens with zero attached hydrogens (tertiary/aromatic N) is 2. The molecule has 11 nitrogen and oxygen atoms in total. The molecular formula is C15H22N4O7S. The number of carboxylic acids is 1. The predicted octanol–water partition coefficient (Wildman–Crippen LogP) is 0.685. The van der Waals surface area contributed by atoms with Gasteiger partial charge in [-0.25, -0.2) is 9.78 Å². The van der Waals surface area contributed by atoms with Crippen molar-refractivity contribution in [3.63, 3.8) is 0 Å². The maximum absolute atomic E-state index is 11.9. The van der Waals surface area contributed by atoms with E-state index >= 15 is 0 Å². The number of carbonyl (C=O) groups is 3.